The standard InChI is InChI=1S/C26H26FNO5/c1-4-16(26(30)31)17-12-11-15(13-21(17)27)28-14-20-22(25(28)29)24(33-6-3)19-10-8-7-9-18(19)23(20)32-5-2/h7-13,16H,4-6,14H2,1-3H3,(H,30,31). The van der Waals surface area contributed by atoms with Crippen LogP contribution in [0.3, 0.4) is 0 Å². The summed E-state index contributed by atoms with van der Waals surface area (Å²) < 4.78 is 26.8. The van der Waals surface area contributed by atoms with Crippen molar-refractivity contribution < 1.29 is 28.6 Å². The molecule has 6 nitrogen and oxygen atoms in total. The number of anilines is 1. The number of nitrogens with zero attached hydrogens (tertiary/aromatic N) is 1. The summed E-state index contributed by atoms with van der Waals surface area (Å²) in [4.78, 5) is 26.5. The molecule has 3 aromatic rings. The second-order valence-electron chi connectivity index (χ2n) is 7.82. The molecule has 1 amide bonds. The lowest BCUT2D eigenvalue weighted by Crippen LogP contribution is -2.24. The van der Waals surface area contributed by atoms with Crippen LogP contribution in [-0.2, 0) is 11.3 Å². The molecule has 1 N–H and O–H groups in total. The van der Waals surface area contributed by atoms with Crippen molar-refractivity contribution in [3.63, 3.8) is 0 Å². The number of hydrogen-bond donors (Lipinski definition) is 1. The van der Waals surface area contributed by atoms with Gasteiger partial charge >= 0.3 is 5.97 Å². The molecule has 0 radical (unpaired) electrons. The van der Waals surface area contributed by atoms with Gasteiger partial charge in [-0.3, -0.25) is 9.59 Å². The summed E-state index contributed by atoms with van der Waals surface area (Å²) in [5.74, 6) is -1.86. The average Bonchev–Trinajstić information content (AvgIpc) is 3.14. The summed E-state index contributed by atoms with van der Waals surface area (Å²) in [6.45, 7) is 6.44. The number of amides is 1. The van der Waals surface area contributed by atoms with E-state index in [0.717, 1.165) is 10.8 Å². The molecule has 0 aliphatic carbocycles. The van der Waals surface area contributed by atoms with E-state index in [1.54, 1.807) is 13.0 Å². The monoisotopic (exact) mass is 451 g/mol. The molecule has 1 heterocycles. The van der Waals surface area contributed by atoms with E-state index in [1.165, 1.54) is 17.0 Å². The van der Waals surface area contributed by atoms with Crippen LogP contribution in [0, 0.1) is 5.82 Å². The van der Waals surface area contributed by atoms with Crippen LogP contribution >= 0.6 is 0 Å². The Morgan fingerprint density at radius 3 is 2.27 bits per heavy atom. The van der Waals surface area contributed by atoms with Gasteiger partial charge in [-0.25, -0.2) is 4.39 Å². The number of halogens is 1. The van der Waals surface area contributed by atoms with Crippen molar-refractivity contribution in [1.29, 1.82) is 0 Å². The average molecular weight is 451 g/mol. The zero-order chi connectivity index (χ0) is 23.7. The predicted molar refractivity (Wildman–Crippen MR) is 124 cm³/mol. The van der Waals surface area contributed by atoms with E-state index in [9.17, 15) is 19.1 Å². The maximum absolute atomic E-state index is 14.9. The third kappa shape index (κ3) is 3.77. The zero-order valence-electron chi connectivity index (χ0n) is 18.9. The largest absolute Gasteiger partial charge is 0.493 e. The van der Waals surface area contributed by atoms with Gasteiger partial charge in [0.1, 0.15) is 17.3 Å². The minimum atomic E-state index is -1.08. The Labute approximate surface area is 191 Å². The van der Waals surface area contributed by atoms with E-state index in [-0.39, 0.29) is 24.4 Å². The molecule has 3 aromatic carbocycles. The first-order valence-corrected chi connectivity index (χ1v) is 11.1. The smallest absolute Gasteiger partial charge is 0.311 e. The molecular weight excluding hydrogens is 425 g/mol. The Morgan fingerprint density at radius 1 is 1.06 bits per heavy atom. The molecule has 7 heteroatoms. The summed E-state index contributed by atoms with van der Waals surface area (Å²) in [6.07, 6.45) is 0.266. The topological polar surface area (TPSA) is 76.1 Å². The van der Waals surface area contributed by atoms with Crippen LogP contribution in [0.4, 0.5) is 10.1 Å². The van der Waals surface area contributed by atoms with E-state index in [0.29, 0.717) is 41.5 Å². The van der Waals surface area contributed by atoms with Gasteiger partial charge in [-0.05, 0) is 32.4 Å². The number of ether oxygens (including phenoxy) is 2. The molecular formula is C26H26FNO5. The maximum Gasteiger partial charge on any atom is 0.311 e. The quantitative estimate of drug-likeness (QED) is 0.488. The van der Waals surface area contributed by atoms with Crippen LogP contribution in [0.15, 0.2) is 42.5 Å². The summed E-state index contributed by atoms with van der Waals surface area (Å²) in [5, 5.41) is 11.0. The SMILES string of the molecule is CCOc1c2c(c(OCC)c3ccccc13)C(=O)N(c1ccc(C(CC)C(=O)O)c(F)c1)C2. The summed E-state index contributed by atoms with van der Waals surface area (Å²) >= 11 is 0. The fraction of sp³-hybridized carbons (Fsp3) is 0.308. The van der Waals surface area contributed by atoms with Crippen LogP contribution < -0.4 is 14.4 Å². The molecule has 172 valence electrons. The van der Waals surface area contributed by atoms with Crippen molar-refractivity contribution in [1.82, 2.24) is 0 Å². The molecule has 0 aromatic heterocycles. The van der Waals surface area contributed by atoms with Gasteiger partial charge in [-0.15, -0.1) is 0 Å². The fourth-order valence-corrected chi connectivity index (χ4v) is 4.47. The number of carbonyl (C=O) groups is 2. The second-order valence-corrected chi connectivity index (χ2v) is 7.82. The van der Waals surface area contributed by atoms with Crippen molar-refractivity contribution in [2.24, 2.45) is 0 Å². The van der Waals surface area contributed by atoms with Gasteiger partial charge in [0.15, 0.2) is 0 Å². The first-order chi connectivity index (χ1) is 15.9. The fourth-order valence-electron chi connectivity index (χ4n) is 4.47. The highest BCUT2D eigenvalue weighted by molar-refractivity contribution is 6.16. The molecule has 0 saturated heterocycles. The highest BCUT2D eigenvalue weighted by Crippen LogP contribution is 2.46. The van der Waals surface area contributed by atoms with Crippen LogP contribution in [0.5, 0.6) is 11.5 Å². The highest BCUT2D eigenvalue weighted by Gasteiger charge is 2.37. The Kier molecular flexibility index (Phi) is 6.22. The van der Waals surface area contributed by atoms with Crippen LogP contribution in [-0.4, -0.2) is 30.2 Å². The van der Waals surface area contributed by atoms with Gasteiger partial charge < -0.3 is 19.5 Å². The number of benzene rings is 3. The van der Waals surface area contributed by atoms with E-state index in [4.69, 9.17) is 9.47 Å². The van der Waals surface area contributed by atoms with Crippen LogP contribution in [0.2, 0.25) is 0 Å². The number of carboxylic acids is 1. The van der Waals surface area contributed by atoms with Gasteiger partial charge in [-0.2, -0.15) is 0 Å². The summed E-state index contributed by atoms with van der Waals surface area (Å²) in [7, 11) is 0. The number of rotatable bonds is 8. The van der Waals surface area contributed by atoms with Gasteiger partial charge in [0.25, 0.3) is 5.91 Å². The Bertz CT molecular complexity index is 1240. The summed E-state index contributed by atoms with van der Waals surface area (Å²) in [6, 6.07) is 11.9. The lowest BCUT2D eigenvalue weighted by molar-refractivity contribution is -0.138. The molecule has 0 spiro atoms. The van der Waals surface area contributed by atoms with Crippen molar-refractivity contribution in [3.8, 4) is 11.5 Å². The normalized spacial score (nSPS) is 13.8. The number of aliphatic carboxylic acids is 1. The number of fused-ring (bicyclic) bond motifs is 2. The molecule has 1 atom stereocenters. The van der Waals surface area contributed by atoms with E-state index >= 15 is 0 Å². The molecule has 0 fully saturated rings. The van der Waals surface area contributed by atoms with Gasteiger partial charge in [0.05, 0.1) is 31.2 Å². The minimum Gasteiger partial charge on any atom is -0.493 e. The summed E-state index contributed by atoms with van der Waals surface area (Å²) in [5.41, 5.74) is 1.58. The van der Waals surface area contributed by atoms with E-state index in [2.05, 4.69) is 0 Å². The van der Waals surface area contributed by atoms with Gasteiger partial charge in [-0.1, -0.05) is 37.3 Å². The number of carboxylic acid groups (broad SMARTS) is 1. The first-order valence-electron chi connectivity index (χ1n) is 11.1. The third-order valence-electron chi connectivity index (χ3n) is 5.95. The molecule has 1 unspecified atom stereocenters. The molecule has 0 saturated carbocycles. The molecule has 0 bridgehead atoms. The number of hydrogen-bond acceptors (Lipinski definition) is 4. The minimum absolute atomic E-state index is 0.105. The van der Waals surface area contributed by atoms with Gasteiger partial charge in [0, 0.05) is 27.6 Å². The molecule has 33 heavy (non-hydrogen) atoms. The number of carbonyl (C=O) groups excluding carboxylic acids is 1. The van der Waals surface area contributed by atoms with E-state index in [1.807, 2.05) is 38.1 Å². The molecule has 4 rings (SSSR count). The lowest BCUT2D eigenvalue weighted by Gasteiger charge is -2.18. The molecule has 1 aliphatic rings. The first kappa shape index (κ1) is 22.6. The Hall–Kier alpha value is -3.61. The van der Waals surface area contributed by atoms with Crippen molar-refractivity contribution in [3.05, 3.63) is 65.0 Å². The van der Waals surface area contributed by atoms with Gasteiger partial charge in [0.2, 0.25) is 0 Å². The van der Waals surface area contributed by atoms with Crippen molar-refractivity contribution >= 4 is 28.3 Å². The Balaban J connectivity index is 1.84. The van der Waals surface area contributed by atoms with Crippen LogP contribution in [0.1, 0.15) is 54.6 Å². The second kappa shape index (κ2) is 9.10. The highest BCUT2D eigenvalue weighted by atomic mass is 19.1. The maximum atomic E-state index is 14.9. The predicted octanol–water partition coefficient (Wildman–Crippen LogP) is 5.51. The Morgan fingerprint density at radius 2 is 1.70 bits per heavy atom. The van der Waals surface area contributed by atoms with E-state index < -0.39 is 17.7 Å². The van der Waals surface area contributed by atoms with Crippen molar-refractivity contribution in [2.75, 3.05) is 18.1 Å². The lowest BCUT2D eigenvalue weighted by atomic mass is 9.96. The third-order valence-corrected chi connectivity index (χ3v) is 5.95. The van der Waals surface area contributed by atoms with Crippen LogP contribution in [0.25, 0.3) is 10.8 Å². The molecule has 1 aliphatic heterocycles. The zero-order valence-corrected chi connectivity index (χ0v) is 18.9. The van der Waals surface area contributed by atoms with Crippen molar-refractivity contribution in [2.45, 2.75) is 39.7 Å².